The summed E-state index contributed by atoms with van der Waals surface area (Å²) in [5, 5.41) is 8.63. The molecule has 0 saturated heterocycles. The van der Waals surface area contributed by atoms with Gasteiger partial charge in [0.05, 0.1) is 31.4 Å². The Bertz CT molecular complexity index is 737. The maximum atomic E-state index is 12.2. The zero-order chi connectivity index (χ0) is 16.1. The predicted octanol–water partition coefficient (Wildman–Crippen LogP) is 2.26. The molecule has 120 valence electrons. The highest BCUT2D eigenvalue weighted by molar-refractivity contribution is 7.99. The van der Waals surface area contributed by atoms with Crippen molar-refractivity contribution in [3.63, 3.8) is 0 Å². The summed E-state index contributed by atoms with van der Waals surface area (Å²) in [6.07, 6.45) is 4.85. The summed E-state index contributed by atoms with van der Waals surface area (Å²) in [5.74, 6) is 1.85. The zero-order valence-corrected chi connectivity index (χ0v) is 13.4. The predicted molar refractivity (Wildman–Crippen MR) is 83.7 cm³/mol. The van der Waals surface area contributed by atoms with Gasteiger partial charge in [0.2, 0.25) is 5.91 Å². The first-order valence-corrected chi connectivity index (χ1v) is 8.00. The van der Waals surface area contributed by atoms with E-state index in [4.69, 9.17) is 8.83 Å². The minimum atomic E-state index is -0.000974. The van der Waals surface area contributed by atoms with Gasteiger partial charge in [-0.1, -0.05) is 11.8 Å². The number of hydrogen-bond donors (Lipinski definition) is 0. The Balaban J connectivity index is 1.54. The number of rotatable bonds is 7. The molecule has 0 atom stereocenters. The lowest BCUT2D eigenvalue weighted by Crippen LogP contribution is -2.27. The van der Waals surface area contributed by atoms with Gasteiger partial charge in [0.1, 0.15) is 17.8 Å². The van der Waals surface area contributed by atoms with E-state index < -0.39 is 0 Å². The molecule has 1 amide bonds. The molecular formula is C15H16N4O3S. The fourth-order valence-corrected chi connectivity index (χ4v) is 2.85. The topological polar surface area (TPSA) is 77.3 Å². The van der Waals surface area contributed by atoms with Crippen LogP contribution in [0.15, 0.2) is 57.1 Å². The molecule has 0 spiro atoms. The highest BCUT2D eigenvalue weighted by Gasteiger charge is 2.14. The van der Waals surface area contributed by atoms with Crippen molar-refractivity contribution < 1.29 is 13.6 Å². The summed E-state index contributed by atoms with van der Waals surface area (Å²) in [6.45, 7) is 0.990. The Kier molecular flexibility index (Phi) is 4.82. The van der Waals surface area contributed by atoms with E-state index in [9.17, 15) is 4.79 Å². The quantitative estimate of drug-likeness (QED) is 0.618. The number of amides is 1. The molecule has 3 aromatic heterocycles. The maximum absolute atomic E-state index is 12.2. The third kappa shape index (κ3) is 4.04. The molecule has 0 aliphatic heterocycles. The van der Waals surface area contributed by atoms with Crippen LogP contribution >= 0.6 is 11.8 Å². The molecule has 0 fully saturated rings. The smallest absolute Gasteiger partial charge is 0.233 e. The van der Waals surface area contributed by atoms with Crippen LogP contribution in [-0.2, 0) is 17.9 Å². The highest BCUT2D eigenvalue weighted by atomic mass is 32.2. The van der Waals surface area contributed by atoms with Gasteiger partial charge in [0.15, 0.2) is 5.16 Å². The van der Waals surface area contributed by atoms with Crippen molar-refractivity contribution >= 4 is 17.7 Å². The lowest BCUT2D eigenvalue weighted by molar-refractivity contribution is -0.127. The van der Waals surface area contributed by atoms with E-state index in [0.717, 1.165) is 11.5 Å². The summed E-state index contributed by atoms with van der Waals surface area (Å²) in [7, 11) is 1.75. The SMILES string of the molecule is CN(Cc1ccco1)C(=O)CSc1nncn1Cc1ccco1. The van der Waals surface area contributed by atoms with Gasteiger partial charge in [0.25, 0.3) is 0 Å². The monoisotopic (exact) mass is 332 g/mol. The van der Waals surface area contributed by atoms with Crippen LogP contribution in [0.5, 0.6) is 0 Å². The van der Waals surface area contributed by atoms with Gasteiger partial charge in [-0.05, 0) is 24.3 Å². The standard InChI is InChI=1S/C15H16N4O3S/c1-18(8-12-4-2-6-21-12)14(20)10-23-15-17-16-11-19(15)9-13-5-3-7-22-13/h2-7,11H,8-10H2,1H3. The minimum absolute atomic E-state index is 0.000974. The Labute approximate surface area is 137 Å². The van der Waals surface area contributed by atoms with Crippen molar-refractivity contribution in [1.82, 2.24) is 19.7 Å². The summed E-state index contributed by atoms with van der Waals surface area (Å²) < 4.78 is 12.4. The van der Waals surface area contributed by atoms with Crippen LogP contribution in [0.3, 0.4) is 0 Å². The van der Waals surface area contributed by atoms with Crippen molar-refractivity contribution in [2.45, 2.75) is 18.2 Å². The van der Waals surface area contributed by atoms with Gasteiger partial charge in [-0.3, -0.25) is 4.79 Å². The largest absolute Gasteiger partial charge is 0.467 e. The molecule has 0 unspecified atom stereocenters. The first kappa shape index (κ1) is 15.4. The summed E-state index contributed by atoms with van der Waals surface area (Å²) in [5.41, 5.74) is 0. The molecule has 0 aliphatic carbocycles. The second kappa shape index (κ2) is 7.19. The molecule has 7 nitrogen and oxygen atoms in total. The second-order valence-corrected chi connectivity index (χ2v) is 5.88. The van der Waals surface area contributed by atoms with Crippen molar-refractivity contribution in [2.75, 3.05) is 12.8 Å². The number of carbonyl (C=O) groups excluding carboxylic acids is 1. The normalized spacial score (nSPS) is 10.8. The molecular weight excluding hydrogens is 316 g/mol. The van der Waals surface area contributed by atoms with E-state index in [-0.39, 0.29) is 11.7 Å². The summed E-state index contributed by atoms with van der Waals surface area (Å²) in [6, 6.07) is 7.37. The lowest BCUT2D eigenvalue weighted by Gasteiger charge is -2.15. The number of thioether (sulfide) groups is 1. The number of furan rings is 2. The van der Waals surface area contributed by atoms with Crippen molar-refractivity contribution in [2.24, 2.45) is 0 Å². The molecule has 0 aromatic carbocycles. The van der Waals surface area contributed by atoms with E-state index in [1.54, 1.807) is 36.9 Å². The molecule has 0 N–H and O–H groups in total. The Morgan fingerprint density at radius 1 is 1.26 bits per heavy atom. The lowest BCUT2D eigenvalue weighted by atomic mass is 10.4. The number of hydrogen-bond acceptors (Lipinski definition) is 6. The van der Waals surface area contributed by atoms with Crippen LogP contribution in [-0.4, -0.2) is 38.4 Å². The van der Waals surface area contributed by atoms with Crippen molar-refractivity contribution in [1.29, 1.82) is 0 Å². The molecule has 3 heterocycles. The van der Waals surface area contributed by atoms with E-state index in [1.165, 1.54) is 11.8 Å². The van der Waals surface area contributed by atoms with E-state index in [2.05, 4.69) is 10.2 Å². The van der Waals surface area contributed by atoms with Crippen LogP contribution in [0.4, 0.5) is 0 Å². The van der Waals surface area contributed by atoms with E-state index in [0.29, 0.717) is 18.2 Å². The van der Waals surface area contributed by atoms with E-state index >= 15 is 0 Å². The first-order valence-electron chi connectivity index (χ1n) is 7.01. The van der Waals surface area contributed by atoms with Crippen LogP contribution in [0, 0.1) is 0 Å². The molecule has 8 heteroatoms. The van der Waals surface area contributed by atoms with Crippen LogP contribution < -0.4 is 0 Å². The van der Waals surface area contributed by atoms with Crippen LogP contribution in [0.2, 0.25) is 0 Å². The number of carbonyl (C=O) groups is 1. The average Bonchev–Trinajstić information content (AvgIpc) is 3.28. The van der Waals surface area contributed by atoms with Gasteiger partial charge in [-0.15, -0.1) is 10.2 Å². The Hall–Kier alpha value is -2.48. The average molecular weight is 332 g/mol. The van der Waals surface area contributed by atoms with Crippen molar-refractivity contribution in [3.8, 4) is 0 Å². The molecule has 0 radical (unpaired) electrons. The third-order valence-electron chi connectivity index (χ3n) is 3.21. The minimum Gasteiger partial charge on any atom is -0.467 e. The highest BCUT2D eigenvalue weighted by Crippen LogP contribution is 2.17. The van der Waals surface area contributed by atoms with E-state index in [1.807, 2.05) is 22.8 Å². The third-order valence-corrected chi connectivity index (χ3v) is 4.18. The van der Waals surface area contributed by atoms with Gasteiger partial charge in [-0.25, -0.2) is 0 Å². The van der Waals surface area contributed by atoms with Gasteiger partial charge < -0.3 is 18.3 Å². The maximum Gasteiger partial charge on any atom is 0.233 e. The second-order valence-electron chi connectivity index (χ2n) is 4.94. The zero-order valence-electron chi connectivity index (χ0n) is 12.6. The molecule has 3 rings (SSSR count). The first-order chi connectivity index (χ1) is 11.2. The van der Waals surface area contributed by atoms with Crippen LogP contribution in [0.25, 0.3) is 0 Å². The summed E-state index contributed by atoms with van der Waals surface area (Å²) in [4.78, 5) is 13.8. The Morgan fingerprint density at radius 2 is 2.00 bits per heavy atom. The van der Waals surface area contributed by atoms with Gasteiger partial charge in [-0.2, -0.15) is 0 Å². The van der Waals surface area contributed by atoms with Crippen molar-refractivity contribution in [3.05, 3.63) is 54.6 Å². The molecule has 0 bridgehead atoms. The Morgan fingerprint density at radius 3 is 2.70 bits per heavy atom. The molecule has 23 heavy (non-hydrogen) atoms. The van der Waals surface area contributed by atoms with Crippen LogP contribution in [0.1, 0.15) is 11.5 Å². The van der Waals surface area contributed by atoms with Gasteiger partial charge >= 0.3 is 0 Å². The summed E-state index contributed by atoms with van der Waals surface area (Å²) >= 11 is 1.35. The molecule has 0 saturated carbocycles. The fourth-order valence-electron chi connectivity index (χ4n) is 2.00. The molecule has 3 aromatic rings. The number of aromatic nitrogens is 3. The van der Waals surface area contributed by atoms with Gasteiger partial charge in [0, 0.05) is 7.05 Å². The molecule has 0 aliphatic rings. The fraction of sp³-hybridized carbons (Fsp3) is 0.267. The number of nitrogens with zero attached hydrogens (tertiary/aromatic N) is 4.